The summed E-state index contributed by atoms with van der Waals surface area (Å²) in [5, 5.41) is 1.30. The number of benzene rings is 3. The molecule has 4 aromatic rings. The summed E-state index contributed by atoms with van der Waals surface area (Å²) in [4.78, 5) is 16.6. The van der Waals surface area contributed by atoms with Crippen LogP contribution in [0.15, 0.2) is 84.9 Å². The smallest absolute Gasteiger partial charge is 0.410 e. The summed E-state index contributed by atoms with van der Waals surface area (Å²) in [6, 6.07) is 28.2. The van der Waals surface area contributed by atoms with Crippen molar-refractivity contribution in [1.82, 2.24) is 4.90 Å². The Morgan fingerprint density at radius 3 is 2.35 bits per heavy atom. The molecule has 3 heterocycles. The number of carbonyl (C=O) groups is 1. The predicted octanol–water partition coefficient (Wildman–Crippen LogP) is 7.47. The van der Waals surface area contributed by atoms with Crippen LogP contribution in [0.2, 0.25) is 0 Å². The predicted molar refractivity (Wildman–Crippen MR) is 138 cm³/mol. The SMILES string of the molecule is O=C(OCC1c2ccccc2-c2ccccc21)N1C2C=C(c3cc4ccccc4s3)CC1CC2. The van der Waals surface area contributed by atoms with Gasteiger partial charge in [-0.2, -0.15) is 0 Å². The lowest BCUT2D eigenvalue weighted by Gasteiger charge is -2.33. The number of rotatable bonds is 3. The first-order valence-electron chi connectivity index (χ1n) is 12.1. The number of hydrogen-bond acceptors (Lipinski definition) is 3. The number of fused-ring (bicyclic) bond motifs is 6. The first-order valence-corrected chi connectivity index (χ1v) is 12.9. The Morgan fingerprint density at radius 1 is 0.912 bits per heavy atom. The van der Waals surface area contributed by atoms with E-state index in [1.165, 1.54) is 42.8 Å². The van der Waals surface area contributed by atoms with E-state index < -0.39 is 0 Å². The maximum atomic E-state index is 13.3. The van der Waals surface area contributed by atoms with E-state index >= 15 is 0 Å². The number of nitrogens with zero attached hydrogens (tertiary/aromatic N) is 1. The summed E-state index contributed by atoms with van der Waals surface area (Å²) < 4.78 is 7.33. The molecule has 1 amide bonds. The normalized spacial score (nSPS) is 20.8. The van der Waals surface area contributed by atoms with Gasteiger partial charge in [0.15, 0.2) is 0 Å². The van der Waals surface area contributed by atoms with Gasteiger partial charge in [-0.25, -0.2) is 4.79 Å². The van der Waals surface area contributed by atoms with Crippen LogP contribution < -0.4 is 0 Å². The van der Waals surface area contributed by atoms with Gasteiger partial charge >= 0.3 is 6.09 Å². The molecule has 3 aromatic carbocycles. The lowest BCUT2D eigenvalue weighted by molar-refractivity contribution is 0.0867. The molecule has 2 bridgehead atoms. The third-order valence-electron chi connectivity index (χ3n) is 7.68. The van der Waals surface area contributed by atoms with Gasteiger partial charge in [0.05, 0.1) is 6.04 Å². The van der Waals surface area contributed by atoms with Crippen LogP contribution in [0.3, 0.4) is 0 Å². The first-order chi connectivity index (χ1) is 16.8. The molecule has 1 fully saturated rings. The van der Waals surface area contributed by atoms with E-state index in [4.69, 9.17) is 4.74 Å². The van der Waals surface area contributed by atoms with E-state index in [9.17, 15) is 4.79 Å². The molecule has 0 saturated carbocycles. The standard InChI is InChI=1S/C30H25NO2S/c32-30(33-18-27-25-10-4-2-8-23(25)24-9-3-5-11-26(24)27)31-21-13-14-22(31)16-20(15-21)29-17-19-7-1-6-12-28(19)34-29/h1-12,15,17,21-22,27H,13-14,16,18H2. The zero-order valence-electron chi connectivity index (χ0n) is 18.8. The minimum atomic E-state index is -0.166. The summed E-state index contributed by atoms with van der Waals surface area (Å²) >= 11 is 1.86. The van der Waals surface area contributed by atoms with Crippen molar-refractivity contribution in [2.45, 2.75) is 37.3 Å². The molecule has 3 aliphatic rings. The summed E-state index contributed by atoms with van der Waals surface area (Å²) in [7, 11) is 0. The van der Waals surface area contributed by atoms with E-state index in [1.54, 1.807) is 0 Å². The quantitative estimate of drug-likeness (QED) is 0.315. The fraction of sp³-hybridized carbons (Fsp3) is 0.233. The molecule has 1 aliphatic carbocycles. The average molecular weight is 464 g/mol. The van der Waals surface area contributed by atoms with Crippen LogP contribution in [-0.4, -0.2) is 29.7 Å². The number of carbonyl (C=O) groups excluding carboxylic acids is 1. The highest BCUT2D eigenvalue weighted by molar-refractivity contribution is 7.20. The Hall–Kier alpha value is -3.37. The molecule has 0 spiro atoms. The van der Waals surface area contributed by atoms with Crippen molar-refractivity contribution in [3.63, 3.8) is 0 Å². The van der Waals surface area contributed by atoms with Crippen LogP contribution in [0, 0.1) is 0 Å². The van der Waals surface area contributed by atoms with Gasteiger partial charge in [-0.1, -0.05) is 72.8 Å². The summed E-state index contributed by atoms with van der Waals surface area (Å²) in [5.74, 6) is 0.100. The Morgan fingerprint density at radius 2 is 1.62 bits per heavy atom. The molecular formula is C30H25NO2S. The van der Waals surface area contributed by atoms with Crippen molar-refractivity contribution in [2.24, 2.45) is 0 Å². The molecule has 3 nitrogen and oxygen atoms in total. The molecular weight excluding hydrogens is 438 g/mol. The molecule has 4 heteroatoms. The van der Waals surface area contributed by atoms with Gasteiger partial charge in [-0.15, -0.1) is 11.3 Å². The van der Waals surface area contributed by atoms with Crippen LogP contribution >= 0.6 is 11.3 Å². The van der Waals surface area contributed by atoms with Gasteiger partial charge in [-0.05, 0) is 64.6 Å². The minimum absolute atomic E-state index is 0.100. The van der Waals surface area contributed by atoms with Gasteiger partial charge < -0.3 is 4.74 Å². The molecule has 168 valence electrons. The highest BCUT2D eigenvalue weighted by Gasteiger charge is 2.41. The zero-order chi connectivity index (χ0) is 22.6. The van der Waals surface area contributed by atoms with E-state index in [0.29, 0.717) is 6.61 Å². The summed E-state index contributed by atoms with van der Waals surface area (Å²) in [6.07, 6.45) is 5.12. The Labute approximate surface area is 203 Å². The Balaban J connectivity index is 1.11. The van der Waals surface area contributed by atoms with Crippen molar-refractivity contribution in [3.05, 3.63) is 101 Å². The summed E-state index contributed by atoms with van der Waals surface area (Å²) in [5.41, 5.74) is 6.41. The van der Waals surface area contributed by atoms with Crippen LogP contribution in [0.5, 0.6) is 0 Å². The third-order valence-corrected chi connectivity index (χ3v) is 8.88. The first kappa shape index (κ1) is 20.0. The third kappa shape index (κ3) is 3.13. The molecule has 2 atom stereocenters. The number of amides is 1. The van der Waals surface area contributed by atoms with E-state index in [1.807, 2.05) is 16.2 Å². The van der Waals surface area contributed by atoms with Gasteiger partial charge in [0.1, 0.15) is 6.61 Å². The van der Waals surface area contributed by atoms with Crippen molar-refractivity contribution in [3.8, 4) is 11.1 Å². The molecule has 1 saturated heterocycles. The Kier molecular flexibility index (Phi) is 4.63. The number of thiophene rings is 1. The molecule has 2 aliphatic heterocycles. The molecule has 7 rings (SSSR count). The van der Waals surface area contributed by atoms with E-state index in [-0.39, 0.29) is 24.1 Å². The van der Waals surface area contributed by atoms with Crippen LogP contribution in [0.25, 0.3) is 26.8 Å². The van der Waals surface area contributed by atoms with Crippen molar-refractivity contribution in [1.29, 1.82) is 0 Å². The fourth-order valence-corrected chi connectivity index (χ4v) is 7.20. The highest BCUT2D eigenvalue weighted by atomic mass is 32.1. The largest absolute Gasteiger partial charge is 0.448 e. The van der Waals surface area contributed by atoms with Gasteiger partial charge in [0.2, 0.25) is 0 Å². The van der Waals surface area contributed by atoms with Crippen LogP contribution in [0.1, 0.15) is 41.2 Å². The van der Waals surface area contributed by atoms with Crippen molar-refractivity contribution >= 4 is 33.1 Å². The molecule has 34 heavy (non-hydrogen) atoms. The molecule has 0 radical (unpaired) electrons. The highest BCUT2D eigenvalue weighted by Crippen LogP contribution is 2.45. The van der Waals surface area contributed by atoms with Gasteiger partial charge in [-0.3, -0.25) is 4.90 Å². The van der Waals surface area contributed by atoms with Gasteiger partial charge in [0.25, 0.3) is 0 Å². The van der Waals surface area contributed by atoms with Gasteiger partial charge in [0, 0.05) is 21.5 Å². The maximum Gasteiger partial charge on any atom is 0.410 e. The lowest BCUT2D eigenvalue weighted by Crippen LogP contribution is -2.43. The second-order valence-corrected chi connectivity index (χ2v) is 10.6. The minimum Gasteiger partial charge on any atom is -0.448 e. The second-order valence-electron chi connectivity index (χ2n) is 9.55. The van der Waals surface area contributed by atoms with E-state index in [2.05, 4.69) is 84.9 Å². The topological polar surface area (TPSA) is 29.5 Å². The zero-order valence-corrected chi connectivity index (χ0v) is 19.6. The molecule has 2 unspecified atom stereocenters. The van der Waals surface area contributed by atoms with E-state index in [0.717, 1.165) is 19.3 Å². The van der Waals surface area contributed by atoms with Crippen LogP contribution in [0.4, 0.5) is 4.79 Å². The van der Waals surface area contributed by atoms with Crippen molar-refractivity contribution < 1.29 is 9.53 Å². The maximum absolute atomic E-state index is 13.3. The number of hydrogen-bond donors (Lipinski definition) is 0. The number of ether oxygens (including phenoxy) is 1. The lowest BCUT2D eigenvalue weighted by atomic mass is 9.98. The van der Waals surface area contributed by atoms with Crippen molar-refractivity contribution in [2.75, 3.05) is 6.61 Å². The molecule has 0 N–H and O–H groups in total. The second kappa shape index (κ2) is 7.85. The van der Waals surface area contributed by atoms with Crippen LogP contribution in [-0.2, 0) is 4.74 Å². The average Bonchev–Trinajstić information content (AvgIpc) is 3.53. The summed E-state index contributed by atoms with van der Waals surface area (Å²) in [6.45, 7) is 0.385. The molecule has 1 aromatic heterocycles. The monoisotopic (exact) mass is 463 g/mol. The Bertz CT molecular complexity index is 1370. The fourth-order valence-electron chi connectivity index (χ4n) is 6.11.